The lowest BCUT2D eigenvalue weighted by Gasteiger charge is -2.10. The molecule has 2 rings (SSSR count). The van der Waals surface area contributed by atoms with E-state index in [4.69, 9.17) is 0 Å². The molecule has 0 atom stereocenters. The predicted octanol–water partition coefficient (Wildman–Crippen LogP) is 5.05. The van der Waals surface area contributed by atoms with E-state index in [9.17, 15) is 18.0 Å². The number of amides is 1. The number of rotatable bonds is 4. The Morgan fingerprint density at radius 2 is 1.87 bits per heavy atom. The smallest absolute Gasteiger partial charge is 0.325 e. The molecule has 2 aromatic carbocycles. The molecule has 0 radical (unpaired) electrons. The largest absolute Gasteiger partial charge is 0.416 e. The maximum atomic E-state index is 12.6. The van der Waals surface area contributed by atoms with Crippen LogP contribution in [-0.4, -0.2) is 11.7 Å². The number of halogens is 3. The molecule has 0 unspecified atom stereocenters. The quantitative estimate of drug-likeness (QED) is 0.790. The fourth-order valence-corrected chi connectivity index (χ4v) is 2.81. The number of hydrogen-bond donors (Lipinski definition) is 1. The van der Waals surface area contributed by atoms with Crippen LogP contribution < -0.4 is 5.32 Å². The minimum absolute atomic E-state index is 0.0502. The second-order valence-corrected chi connectivity index (χ2v) is 6.23. The van der Waals surface area contributed by atoms with E-state index >= 15 is 0 Å². The lowest BCUT2D eigenvalue weighted by atomic mass is 10.1. The van der Waals surface area contributed by atoms with Crippen LogP contribution >= 0.6 is 11.8 Å². The molecule has 0 bridgehead atoms. The van der Waals surface area contributed by atoms with Crippen LogP contribution in [0, 0.1) is 13.8 Å². The third-order valence-electron chi connectivity index (χ3n) is 3.19. The van der Waals surface area contributed by atoms with Gasteiger partial charge in [-0.2, -0.15) is 13.2 Å². The molecule has 0 heterocycles. The van der Waals surface area contributed by atoms with E-state index in [1.165, 1.54) is 6.07 Å². The number of carbonyl (C=O) groups excluding carboxylic acids is 1. The number of alkyl halides is 3. The minimum Gasteiger partial charge on any atom is -0.325 e. The van der Waals surface area contributed by atoms with Crippen molar-refractivity contribution in [3.05, 3.63) is 59.2 Å². The Hall–Kier alpha value is -1.95. The second-order valence-electron chi connectivity index (χ2n) is 5.18. The van der Waals surface area contributed by atoms with E-state index in [2.05, 4.69) is 5.32 Å². The Labute approximate surface area is 137 Å². The lowest BCUT2D eigenvalue weighted by molar-refractivity contribution is -0.137. The van der Waals surface area contributed by atoms with Gasteiger partial charge in [0.05, 0.1) is 11.3 Å². The highest BCUT2D eigenvalue weighted by molar-refractivity contribution is 8.00. The normalized spacial score (nSPS) is 11.3. The van der Waals surface area contributed by atoms with Crippen molar-refractivity contribution in [2.24, 2.45) is 0 Å². The number of hydrogen-bond acceptors (Lipinski definition) is 2. The van der Waals surface area contributed by atoms with Crippen LogP contribution in [0.4, 0.5) is 18.9 Å². The van der Waals surface area contributed by atoms with Gasteiger partial charge in [0.2, 0.25) is 5.91 Å². The molecule has 0 aliphatic rings. The molecule has 6 heteroatoms. The van der Waals surface area contributed by atoms with Crippen molar-refractivity contribution in [1.82, 2.24) is 0 Å². The molecule has 1 N–H and O–H groups in total. The van der Waals surface area contributed by atoms with Crippen molar-refractivity contribution in [3.8, 4) is 0 Å². The Balaban J connectivity index is 1.97. The van der Waals surface area contributed by atoms with Gasteiger partial charge in [0.15, 0.2) is 0 Å². The zero-order valence-corrected chi connectivity index (χ0v) is 13.5. The van der Waals surface area contributed by atoms with Gasteiger partial charge in [0, 0.05) is 10.6 Å². The van der Waals surface area contributed by atoms with Gasteiger partial charge in [-0.1, -0.05) is 23.8 Å². The third kappa shape index (κ3) is 5.03. The molecular formula is C17H16F3NOS. The predicted molar refractivity (Wildman–Crippen MR) is 86.7 cm³/mol. The fraction of sp³-hybridized carbons (Fsp3) is 0.235. The SMILES string of the molecule is Cc1ccc(NC(=O)CSc2cccc(C(F)(F)F)c2)c(C)c1. The molecule has 0 aliphatic heterocycles. The molecule has 0 aromatic heterocycles. The van der Waals surface area contributed by atoms with Gasteiger partial charge >= 0.3 is 6.18 Å². The molecule has 0 saturated heterocycles. The minimum atomic E-state index is -4.38. The highest BCUT2D eigenvalue weighted by Gasteiger charge is 2.30. The Bertz CT molecular complexity index is 713. The zero-order valence-electron chi connectivity index (χ0n) is 12.7. The summed E-state index contributed by atoms with van der Waals surface area (Å²) < 4.78 is 37.9. The molecule has 2 nitrogen and oxygen atoms in total. The van der Waals surface area contributed by atoms with Gasteiger partial charge in [0.1, 0.15) is 0 Å². The molecule has 2 aromatic rings. The average Bonchev–Trinajstić information content (AvgIpc) is 2.47. The summed E-state index contributed by atoms with van der Waals surface area (Å²) >= 11 is 1.08. The molecule has 0 fully saturated rings. The van der Waals surface area contributed by atoms with Crippen molar-refractivity contribution >= 4 is 23.4 Å². The van der Waals surface area contributed by atoms with Gasteiger partial charge in [-0.05, 0) is 43.7 Å². The highest BCUT2D eigenvalue weighted by Crippen LogP contribution is 2.31. The Morgan fingerprint density at radius 1 is 1.13 bits per heavy atom. The molecule has 1 amide bonds. The number of benzene rings is 2. The summed E-state index contributed by atoms with van der Waals surface area (Å²) in [6.45, 7) is 3.85. The summed E-state index contributed by atoms with van der Waals surface area (Å²) in [4.78, 5) is 12.4. The van der Waals surface area contributed by atoms with E-state index in [0.29, 0.717) is 10.6 Å². The number of nitrogens with one attached hydrogen (secondary N) is 1. The van der Waals surface area contributed by atoms with Crippen LogP contribution in [0.3, 0.4) is 0 Å². The lowest BCUT2D eigenvalue weighted by Crippen LogP contribution is -2.15. The molecule has 0 aliphatic carbocycles. The van der Waals surface area contributed by atoms with Gasteiger partial charge < -0.3 is 5.32 Å². The van der Waals surface area contributed by atoms with Crippen LogP contribution in [0.5, 0.6) is 0 Å². The summed E-state index contributed by atoms with van der Waals surface area (Å²) in [7, 11) is 0. The van der Waals surface area contributed by atoms with E-state index in [0.717, 1.165) is 35.0 Å². The van der Waals surface area contributed by atoms with E-state index in [1.54, 1.807) is 6.07 Å². The maximum absolute atomic E-state index is 12.6. The van der Waals surface area contributed by atoms with E-state index in [-0.39, 0.29) is 11.7 Å². The third-order valence-corrected chi connectivity index (χ3v) is 4.18. The average molecular weight is 339 g/mol. The van der Waals surface area contributed by atoms with Gasteiger partial charge in [-0.15, -0.1) is 11.8 Å². The van der Waals surface area contributed by atoms with Gasteiger partial charge in [-0.3, -0.25) is 4.79 Å². The summed E-state index contributed by atoms with van der Waals surface area (Å²) in [6, 6.07) is 10.6. The molecule has 0 spiro atoms. The number of aryl methyl sites for hydroxylation is 2. The standard InChI is InChI=1S/C17H16F3NOS/c1-11-6-7-15(12(2)8-11)21-16(22)10-23-14-5-3-4-13(9-14)17(18,19)20/h3-9H,10H2,1-2H3,(H,21,22). The Morgan fingerprint density at radius 3 is 2.52 bits per heavy atom. The van der Waals surface area contributed by atoms with E-state index < -0.39 is 11.7 Å². The highest BCUT2D eigenvalue weighted by atomic mass is 32.2. The first-order valence-electron chi connectivity index (χ1n) is 6.93. The summed E-state index contributed by atoms with van der Waals surface area (Å²) in [6.07, 6.45) is -4.38. The monoisotopic (exact) mass is 339 g/mol. The molecule has 0 saturated carbocycles. The van der Waals surface area contributed by atoms with Crippen molar-refractivity contribution < 1.29 is 18.0 Å². The van der Waals surface area contributed by atoms with Crippen LogP contribution in [0.25, 0.3) is 0 Å². The van der Waals surface area contributed by atoms with E-state index in [1.807, 2.05) is 32.0 Å². The van der Waals surface area contributed by atoms with Crippen molar-refractivity contribution in [2.75, 3.05) is 11.1 Å². The van der Waals surface area contributed by atoms with Crippen LogP contribution in [0.1, 0.15) is 16.7 Å². The van der Waals surface area contributed by atoms with Gasteiger partial charge in [0.25, 0.3) is 0 Å². The van der Waals surface area contributed by atoms with Gasteiger partial charge in [-0.25, -0.2) is 0 Å². The first kappa shape index (κ1) is 17.4. The number of carbonyl (C=O) groups is 1. The second kappa shape index (κ2) is 7.08. The molecular weight excluding hydrogens is 323 g/mol. The van der Waals surface area contributed by atoms with Crippen LogP contribution in [-0.2, 0) is 11.0 Å². The molecule has 122 valence electrons. The number of anilines is 1. The molecule has 23 heavy (non-hydrogen) atoms. The maximum Gasteiger partial charge on any atom is 0.416 e. The summed E-state index contributed by atoms with van der Waals surface area (Å²) in [5.41, 5.74) is 2.05. The fourth-order valence-electron chi connectivity index (χ4n) is 2.05. The first-order valence-corrected chi connectivity index (χ1v) is 7.91. The van der Waals surface area contributed by atoms with Crippen LogP contribution in [0.15, 0.2) is 47.4 Å². The first-order chi connectivity index (χ1) is 10.8. The number of thioether (sulfide) groups is 1. The topological polar surface area (TPSA) is 29.1 Å². The van der Waals surface area contributed by atoms with Crippen molar-refractivity contribution in [2.45, 2.75) is 24.9 Å². The van der Waals surface area contributed by atoms with Crippen LogP contribution in [0.2, 0.25) is 0 Å². The Kier molecular flexibility index (Phi) is 5.36. The van der Waals surface area contributed by atoms with Crippen molar-refractivity contribution in [3.63, 3.8) is 0 Å². The summed E-state index contributed by atoms with van der Waals surface area (Å²) in [5, 5.41) is 2.77. The zero-order chi connectivity index (χ0) is 17.0. The van der Waals surface area contributed by atoms with Crippen molar-refractivity contribution in [1.29, 1.82) is 0 Å². The summed E-state index contributed by atoms with van der Waals surface area (Å²) in [5.74, 6) is -0.200.